The number of hydrogen-bond acceptors (Lipinski definition) is 2. The Hall–Kier alpha value is -1.23. The van der Waals surface area contributed by atoms with Crippen LogP contribution in [0.25, 0.3) is 0 Å². The molecule has 0 amide bonds. The van der Waals surface area contributed by atoms with Crippen molar-refractivity contribution in [2.75, 3.05) is 14.1 Å². The highest BCUT2D eigenvalue weighted by molar-refractivity contribution is 5.31. The molecule has 1 aliphatic rings. The lowest BCUT2D eigenvalue weighted by Crippen LogP contribution is -2.32. The molecule has 1 saturated carbocycles. The molecule has 2 nitrogen and oxygen atoms in total. The van der Waals surface area contributed by atoms with Crippen molar-refractivity contribution in [3.63, 3.8) is 0 Å². The minimum Gasteiger partial charge on any atom is -0.406 e. The molecule has 1 aliphatic carbocycles. The number of halogens is 3. The van der Waals surface area contributed by atoms with Crippen molar-refractivity contribution in [3.05, 3.63) is 29.8 Å². The topological polar surface area (TPSA) is 12.5 Å². The van der Waals surface area contributed by atoms with Crippen molar-refractivity contribution in [3.8, 4) is 5.75 Å². The molecular formula is C15H20F3NO. The lowest BCUT2D eigenvalue weighted by Gasteiger charge is -2.33. The van der Waals surface area contributed by atoms with Gasteiger partial charge in [-0.15, -0.1) is 13.2 Å². The van der Waals surface area contributed by atoms with Gasteiger partial charge in [-0.1, -0.05) is 18.6 Å². The summed E-state index contributed by atoms with van der Waals surface area (Å²) in [7, 11) is 4.10. The van der Waals surface area contributed by atoms with Crippen LogP contribution in [0.4, 0.5) is 13.2 Å². The number of alkyl halides is 3. The van der Waals surface area contributed by atoms with Crippen LogP contribution < -0.4 is 4.74 Å². The monoisotopic (exact) mass is 287 g/mol. The molecule has 0 aromatic heterocycles. The van der Waals surface area contributed by atoms with Crippen LogP contribution in [0.5, 0.6) is 5.75 Å². The van der Waals surface area contributed by atoms with E-state index in [1.807, 2.05) is 6.07 Å². The van der Waals surface area contributed by atoms with Crippen LogP contribution in [0.2, 0.25) is 0 Å². The lowest BCUT2D eigenvalue weighted by atomic mass is 9.81. The highest BCUT2D eigenvalue weighted by Gasteiger charge is 2.31. The van der Waals surface area contributed by atoms with Gasteiger partial charge < -0.3 is 9.64 Å². The Bertz CT molecular complexity index is 445. The van der Waals surface area contributed by atoms with Gasteiger partial charge in [-0.05, 0) is 57.0 Å². The fraction of sp³-hybridized carbons (Fsp3) is 0.600. The summed E-state index contributed by atoms with van der Waals surface area (Å²) in [5.74, 6) is 0.190. The van der Waals surface area contributed by atoms with Gasteiger partial charge in [-0.25, -0.2) is 0 Å². The first-order valence-corrected chi connectivity index (χ1v) is 6.87. The molecule has 0 N–H and O–H groups in total. The molecule has 20 heavy (non-hydrogen) atoms. The quantitative estimate of drug-likeness (QED) is 0.827. The summed E-state index contributed by atoms with van der Waals surface area (Å²) in [6.07, 6.45) is -0.347. The molecule has 0 bridgehead atoms. The Kier molecular flexibility index (Phi) is 4.58. The van der Waals surface area contributed by atoms with E-state index in [1.165, 1.54) is 12.1 Å². The van der Waals surface area contributed by atoms with Gasteiger partial charge in [0, 0.05) is 6.04 Å². The Morgan fingerprint density at radius 2 is 1.95 bits per heavy atom. The summed E-state index contributed by atoms with van der Waals surface area (Å²) >= 11 is 0. The molecule has 0 radical (unpaired) electrons. The van der Waals surface area contributed by atoms with Crippen LogP contribution in [-0.4, -0.2) is 31.4 Å². The van der Waals surface area contributed by atoms with E-state index in [2.05, 4.69) is 23.7 Å². The van der Waals surface area contributed by atoms with Crippen LogP contribution in [-0.2, 0) is 0 Å². The first kappa shape index (κ1) is 15.2. The van der Waals surface area contributed by atoms with Crippen molar-refractivity contribution >= 4 is 0 Å². The molecule has 0 unspecified atom stereocenters. The normalized spacial score (nSPS) is 23.9. The summed E-state index contributed by atoms with van der Waals surface area (Å²) < 4.78 is 40.8. The Morgan fingerprint density at radius 1 is 1.20 bits per heavy atom. The van der Waals surface area contributed by atoms with E-state index in [-0.39, 0.29) is 5.75 Å². The molecular weight excluding hydrogens is 267 g/mol. The van der Waals surface area contributed by atoms with Gasteiger partial charge in [-0.3, -0.25) is 0 Å². The van der Waals surface area contributed by atoms with Crippen LogP contribution in [0.3, 0.4) is 0 Å². The summed E-state index contributed by atoms with van der Waals surface area (Å²) in [5.41, 5.74) is 0.943. The smallest absolute Gasteiger partial charge is 0.406 e. The molecule has 0 aliphatic heterocycles. The second-order valence-electron chi connectivity index (χ2n) is 5.60. The van der Waals surface area contributed by atoms with E-state index in [9.17, 15) is 13.2 Å². The molecule has 0 spiro atoms. The van der Waals surface area contributed by atoms with Gasteiger partial charge in [0.15, 0.2) is 0 Å². The molecule has 1 aromatic carbocycles. The molecule has 1 fully saturated rings. The molecule has 112 valence electrons. The van der Waals surface area contributed by atoms with E-state index >= 15 is 0 Å². The van der Waals surface area contributed by atoms with Crippen LogP contribution in [0.1, 0.15) is 37.2 Å². The molecule has 2 atom stereocenters. The van der Waals surface area contributed by atoms with Crippen molar-refractivity contribution in [2.24, 2.45) is 0 Å². The van der Waals surface area contributed by atoms with Gasteiger partial charge in [-0.2, -0.15) is 0 Å². The Morgan fingerprint density at radius 3 is 2.60 bits per heavy atom. The van der Waals surface area contributed by atoms with E-state index in [4.69, 9.17) is 0 Å². The maximum absolute atomic E-state index is 12.3. The molecule has 0 heterocycles. The highest BCUT2D eigenvalue weighted by Crippen LogP contribution is 2.36. The predicted molar refractivity (Wildman–Crippen MR) is 71.8 cm³/mol. The average Bonchev–Trinajstić information content (AvgIpc) is 2.37. The summed E-state index contributed by atoms with van der Waals surface area (Å²) in [6, 6.07) is 6.90. The van der Waals surface area contributed by atoms with Crippen LogP contribution >= 0.6 is 0 Å². The summed E-state index contributed by atoms with van der Waals surface area (Å²) in [5, 5.41) is 0. The van der Waals surface area contributed by atoms with Crippen LogP contribution in [0, 0.1) is 0 Å². The third-order valence-electron chi connectivity index (χ3n) is 3.94. The zero-order chi connectivity index (χ0) is 14.8. The second kappa shape index (κ2) is 6.04. The molecule has 1 aromatic rings. The summed E-state index contributed by atoms with van der Waals surface area (Å²) in [4.78, 5) is 2.20. The van der Waals surface area contributed by atoms with Gasteiger partial charge >= 0.3 is 6.36 Å². The predicted octanol–water partition coefficient (Wildman–Crippen LogP) is 4.17. The molecule has 5 heteroatoms. The Balaban J connectivity index is 2.10. The third kappa shape index (κ3) is 4.13. The van der Waals surface area contributed by atoms with E-state index in [0.29, 0.717) is 12.0 Å². The largest absolute Gasteiger partial charge is 0.573 e. The van der Waals surface area contributed by atoms with Gasteiger partial charge in [0.25, 0.3) is 0 Å². The summed E-state index contributed by atoms with van der Waals surface area (Å²) in [6.45, 7) is 0. The zero-order valence-corrected chi connectivity index (χ0v) is 11.8. The first-order valence-electron chi connectivity index (χ1n) is 6.87. The number of nitrogens with zero attached hydrogens (tertiary/aromatic N) is 1. The van der Waals surface area contributed by atoms with Gasteiger partial charge in [0.1, 0.15) is 5.75 Å². The van der Waals surface area contributed by atoms with Gasteiger partial charge in [0.2, 0.25) is 0 Å². The van der Waals surface area contributed by atoms with Gasteiger partial charge in [0.05, 0.1) is 0 Å². The first-order chi connectivity index (χ1) is 9.35. The number of hydrogen-bond donors (Lipinski definition) is 0. The van der Waals surface area contributed by atoms with Crippen LogP contribution in [0.15, 0.2) is 24.3 Å². The number of benzene rings is 1. The molecule has 2 rings (SSSR count). The fourth-order valence-corrected chi connectivity index (χ4v) is 2.90. The second-order valence-corrected chi connectivity index (χ2v) is 5.60. The average molecular weight is 287 g/mol. The number of ether oxygens (including phenoxy) is 1. The van der Waals surface area contributed by atoms with Crippen molar-refractivity contribution < 1.29 is 17.9 Å². The SMILES string of the molecule is CN(C)[C@@H]1CCC[C@H](c2cccc(OC(F)(F)F)c2)C1. The highest BCUT2D eigenvalue weighted by atomic mass is 19.4. The minimum absolute atomic E-state index is 0.123. The maximum atomic E-state index is 12.3. The lowest BCUT2D eigenvalue weighted by molar-refractivity contribution is -0.274. The van der Waals surface area contributed by atoms with E-state index in [0.717, 1.165) is 31.2 Å². The van der Waals surface area contributed by atoms with E-state index in [1.54, 1.807) is 6.07 Å². The van der Waals surface area contributed by atoms with E-state index < -0.39 is 6.36 Å². The number of rotatable bonds is 3. The van der Waals surface area contributed by atoms with Crippen molar-refractivity contribution in [2.45, 2.75) is 44.0 Å². The zero-order valence-electron chi connectivity index (χ0n) is 11.8. The Labute approximate surface area is 117 Å². The van der Waals surface area contributed by atoms with Crippen molar-refractivity contribution in [1.82, 2.24) is 4.90 Å². The minimum atomic E-state index is -4.63. The standard InChI is InChI=1S/C15H20F3NO/c1-19(2)13-7-3-5-11(9-13)12-6-4-8-14(10-12)20-15(16,17)18/h4,6,8,10-11,13H,3,5,7,9H2,1-2H3/t11-,13+/m0/s1. The maximum Gasteiger partial charge on any atom is 0.573 e. The fourth-order valence-electron chi connectivity index (χ4n) is 2.90. The van der Waals surface area contributed by atoms with Crippen molar-refractivity contribution in [1.29, 1.82) is 0 Å². The molecule has 0 saturated heterocycles. The third-order valence-corrected chi connectivity index (χ3v) is 3.94.